The van der Waals surface area contributed by atoms with Gasteiger partial charge in [0.25, 0.3) is 5.56 Å². The number of hydrogen-bond donors (Lipinski definition) is 3. The Labute approximate surface area is 390 Å². The zero-order valence-electron chi connectivity index (χ0n) is 40.3. The molecule has 4 aromatic carbocycles. The summed E-state index contributed by atoms with van der Waals surface area (Å²) in [7, 11) is 6.41. The van der Waals surface area contributed by atoms with Crippen LogP contribution in [0.25, 0.3) is 10.9 Å². The van der Waals surface area contributed by atoms with Crippen LogP contribution in [0.2, 0.25) is 0 Å². The first-order valence-electron chi connectivity index (χ1n) is 23.8. The van der Waals surface area contributed by atoms with Gasteiger partial charge >= 0.3 is 0 Å². The van der Waals surface area contributed by atoms with E-state index in [2.05, 4.69) is 38.0 Å². The molecule has 1 aliphatic heterocycles. The number of Topliss-reactive ketones (excluding diaryl/α,β-unsaturated/α-hetero) is 1. The standard InChI is InChI=1S/2C27H35NO5/c2*1-5-7-9-11-18-15-19(31-3)13-14-23(18)33-24-17-20(32-4)16-22-25(24)28-27(30)21(26(22)29)12-10-8-6-2/h13-17H,5-12H2,1-4H3,(H2,28,29,30);13-17,21H,5-12H2,1-4H3,(H,28,30). The van der Waals surface area contributed by atoms with Gasteiger partial charge in [0.05, 0.1) is 45.2 Å². The van der Waals surface area contributed by atoms with Crippen LogP contribution in [0.4, 0.5) is 5.69 Å². The molecule has 12 heteroatoms. The van der Waals surface area contributed by atoms with Crippen molar-refractivity contribution >= 4 is 28.3 Å². The Hall–Kier alpha value is -6.17. The van der Waals surface area contributed by atoms with Crippen LogP contribution in [0.3, 0.4) is 0 Å². The number of anilines is 1. The van der Waals surface area contributed by atoms with E-state index in [-0.39, 0.29) is 23.0 Å². The van der Waals surface area contributed by atoms with E-state index < -0.39 is 5.92 Å². The molecule has 1 aliphatic rings. The van der Waals surface area contributed by atoms with Gasteiger partial charge in [-0.2, -0.15) is 0 Å². The minimum atomic E-state index is -0.672. The number of H-pyrrole nitrogens is 1. The van der Waals surface area contributed by atoms with E-state index in [4.69, 9.17) is 28.4 Å². The number of pyridine rings is 1. The first-order chi connectivity index (χ1) is 32.0. The van der Waals surface area contributed by atoms with Crippen molar-refractivity contribution in [1.29, 1.82) is 0 Å². The van der Waals surface area contributed by atoms with Crippen molar-refractivity contribution in [3.05, 3.63) is 93.3 Å². The Kier molecular flexibility index (Phi) is 19.6. The second-order valence-electron chi connectivity index (χ2n) is 16.8. The highest BCUT2D eigenvalue weighted by Crippen LogP contribution is 2.43. The van der Waals surface area contributed by atoms with Gasteiger partial charge in [0.15, 0.2) is 17.3 Å². The molecular weight excluding hydrogens is 837 g/mol. The number of unbranched alkanes of at least 4 members (excludes halogenated alkanes) is 8. The normalized spacial score (nSPS) is 13.1. The average molecular weight is 907 g/mol. The largest absolute Gasteiger partial charge is 0.507 e. The third-order valence-corrected chi connectivity index (χ3v) is 12.0. The highest BCUT2D eigenvalue weighted by atomic mass is 16.5. The van der Waals surface area contributed by atoms with Crippen molar-refractivity contribution in [2.75, 3.05) is 33.8 Å². The molecule has 0 saturated carbocycles. The number of methoxy groups -OCH3 is 4. The van der Waals surface area contributed by atoms with Gasteiger partial charge in [0, 0.05) is 23.1 Å². The third kappa shape index (κ3) is 13.0. The monoisotopic (exact) mass is 907 g/mol. The number of aromatic nitrogens is 1. The molecule has 3 N–H and O–H groups in total. The molecule has 0 radical (unpaired) electrons. The molecule has 5 aromatic rings. The highest BCUT2D eigenvalue weighted by Gasteiger charge is 2.36. The molecule has 2 heterocycles. The fourth-order valence-electron chi connectivity index (χ4n) is 8.16. The van der Waals surface area contributed by atoms with E-state index in [9.17, 15) is 19.5 Å². The fraction of sp³-hybridized carbons (Fsp3) is 0.463. The number of carbonyl (C=O) groups excluding carboxylic acids is 2. The lowest BCUT2D eigenvalue weighted by atomic mass is 9.87. The molecule has 0 saturated heterocycles. The maximum atomic E-state index is 13.2. The first-order valence-corrected chi connectivity index (χ1v) is 23.8. The Morgan fingerprint density at radius 1 is 0.545 bits per heavy atom. The molecule has 0 fully saturated rings. The van der Waals surface area contributed by atoms with Crippen LogP contribution in [-0.2, 0) is 24.1 Å². The summed E-state index contributed by atoms with van der Waals surface area (Å²) in [6, 6.07) is 18.3. The zero-order valence-corrected chi connectivity index (χ0v) is 40.3. The minimum absolute atomic E-state index is 0.00787. The summed E-state index contributed by atoms with van der Waals surface area (Å²) in [5, 5.41) is 14.4. The van der Waals surface area contributed by atoms with Crippen molar-refractivity contribution in [2.24, 2.45) is 5.92 Å². The predicted octanol–water partition coefficient (Wildman–Crippen LogP) is 13.1. The number of rotatable bonds is 24. The zero-order chi connectivity index (χ0) is 47.6. The number of hydrogen-bond acceptors (Lipinski definition) is 10. The van der Waals surface area contributed by atoms with Crippen LogP contribution >= 0.6 is 0 Å². The van der Waals surface area contributed by atoms with E-state index in [1.54, 1.807) is 52.7 Å². The molecule has 0 spiro atoms. The van der Waals surface area contributed by atoms with Gasteiger partial charge in [-0.1, -0.05) is 85.5 Å². The van der Waals surface area contributed by atoms with Gasteiger partial charge in [-0.05, 0) is 105 Å². The lowest BCUT2D eigenvalue weighted by Gasteiger charge is -2.26. The summed E-state index contributed by atoms with van der Waals surface area (Å²) in [4.78, 5) is 41.8. The number of amides is 1. The molecule has 356 valence electrons. The number of aromatic hydroxyl groups is 1. The number of aryl methyl sites for hydroxylation is 2. The lowest BCUT2D eigenvalue weighted by molar-refractivity contribution is -0.119. The maximum absolute atomic E-state index is 13.2. The number of nitrogens with one attached hydrogen (secondary N) is 2. The van der Waals surface area contributed by atoms with Gasteiger partial charge in [-0.3, -0.25) is 14.4 Å². The van der Waals surface area contributed by atoms with Gasteiger partial charge < -0.3 is 43.8 Å². The molecule has 1 unspecified atom stereocenters. The topological polar surface area (TPSA) is 155 Å². The lowest BCUT2D eigenvalue weighted by Crippen LogP contribution is -2.35. The summed E-state index contributed by atoms with van der Waals surface area (Å²) in [6.45, 7) is 8.54. The highest BCUT2D eigenvalue weighted by molar-refractivity contribution is 6.22. The van der Waals surface area contributed by atoms with Gasteiger partial charge in [0.1, 0.15) is 46.2 Å². The SMILES string of the molecule is CCCCCc1cc(OC)ccc1Oc1cc(OC)cc2c(O)c(CCCCC)c(=O)[nH]c12.CCCCCc1cc(OC)ccc1Oc1cc(OC)cc2c1NC(=O)C(CCCCC)C2=O. The van der Waals surface area contributed by atoms with Crippen molar-refractivity contribution < 1.29 is 43.1 Å². The summed E-state index contributed by atoms with van der Waals surface area (Å²) in [6.07, 6.45) is 15.1. The summed E-state index contributed by atoms with van der Waals surface area (Å²) in [5.41, 5.74) is 3.46. The molecule has 6 rings (SSSR count). The number of fused-ring (bicyclic) bond motifs is 2. The van der Waals surface area contributed by atoms with Gasteiger partial charge in [-0.15, -0.1) is 0 Å². The van der Waals surface area contributed by atoms with E-state index in [1.165, 1.54) is 0 Å². The molecule has 1 amide bonds. The molecule has 0 bridgehead atoms. The molecule has 1 atom stereocenters. The molecule has 0 aliphatic carbocycles. The predicted molar refractivity (Wildman–Crippen MR) is 262 cm³/mol. The van der Waals surface area contributed by atoms with Crippen molar-refractivity contribution in [3.63, 3.8) is 0 Å². The minimum Gasteiger partial charge on any atom is -0.507 e. The van der Waals surface area contributed by atoms with Crippen LogP contribution in [0.1, 0.15) is 138 Å². The Bertz CT molecular complexity index is 2460. The van der Waals surface area contributed by atoms with Crippen molar-refractivity contribution in [2.45, 2.75) is 130 Å². The van der Waals surface area contributed by atoms with Crippen LogP contribution in [-0.4, -0.2) is 50.2 Å². The Balaban J connectivity index is 0.000000247. The smallest absolute Gasteiger partial charge is 0.255 e. The molecule has 12 nitrogen and oxygen atoms in total. The van der Waals surface area contributed by atoms with Crippen LogP contribution < -0.4 is 39.3 Å². The summed E-state index contributed by atoms with van der Waals surface area (Å²) < 4.78 is 34.4. The average Bonchev–Trinajstić information content (AvgIpc) is 3.32. The van der Waals surface area contributed by atoms with Crippen molar-refractivity contribution in [3.8, 4) is 51.7 Å². The van der Waals surface area contributed by atoms with Gasteiger partial charge in [-0.25, -0.2) is 0 Å². The van der Waals surface area contributed by atoms with E-state index in [0.717, 1.165) is 113 Å². The first kappa shape index (κ1) is 50.8. The number of carbonyl (C=O) groups is 2. The number of benzene rings is 4. The quantitative estimate of drug-likeness (QED) is 0.0402. The Morgan fingerprint density at radius 2 is 1.05 bits per heavy atom. The van der Waals surface area contributed by atoms with E-state index in [1.807, 2.05) is 36.4 Å². The summed E-state index contributed by atoms with van der Waals surface area (Å²) in [5.74, 6) is 3.67. The molecular formula is C54H70N2O10. The van der Waals surface area contributed by atoms with E-state index in [0.29, 0.717) is 75.1 Å². The maximum Gasteiger partial charge on any atom is 0.255 e. The third-order valence-electron chi connectivity index (χ3n) is 12.0. The Morgan fingerprint density at radius 3 is 1.59 bits per heavy atom. The number of ketones is 1. The fourth-order valence-corrected chi connectivity index (χ4v) is 8.16. The van der Waals surface area contributed by atoms with Crippen LogP contribution in [0.15, 0.2) is 65.5 Å². The number of ether oxygens (including phenoxy) is 6. The van der Waals surface area contributed by atoms with Crippen molar-refractivity contribution in [1.82, 2.24) is 4.98 Å². The van der Waals surface area contributed by atoms with E-state index >= 15 is 0 Å². The summed E-state index contributed by atoms with van der Waals surface area (Å²) >= 11 is 0. The molecule has 66 heavy (non-hydrogen) atoms. The number of aromatic amines is 1. The van der Waals surface area contributed by atoms with Gasteiger partial charge in [0.2, 0.25) is 5.91 Å². The molecule has 1 aromatic heterocycles. The van der Waals surface area contributed by atoms with Crippen LogP contribution in [0, 0.1) is 5.92 Å². The second-order valence-corrected chi connectivity index (χ2v) is 16.8. The van der Waals surface area contributed by atoms with Crippen LogP contribution in [0.5, 0.6) is 51.7 Å². The second kappa shape index (κ2) is 25.5.